The van der Waals surface area contributed by atoms with Crippen LogP contribution in [0.5, 0.6) is 11.5 Å². The highest BCUT2D eigenvalue weighted by molar-refractivity contribution is 7.10. The number of hydrogen-bond donors (Lipinski definition) is 1. The van der Waals surface area contributed by atoms with E-state index in [2.05, 4.69) is 13.8 Å². The summed E-state index contributed by atoms with van der Waals surface area (Å²) in [7, 11) is 0. The predicted molar refractivity (Wildman–Crippen MR) is 138 cm³/mol. The maximum absolute atomic E-state index is 13.3. The fourth-order valence-corrected chi connectivity index (χ4v) is 4.90. The number of carbonyl (C=O) groups is 2. The Morgan fingerprint density at radius 3 is 2.54 bits per heavy atom. The van der Waals surface area contributed by atoms with Crippen molar-refractivity contribution in [3.63, 3.8) is 0 Å². The summed E-state index contributed by atoms with van der Waals surface area (Å²) in [5, 5.41) is 13.2. The van der Waals surface area contributed by atoms with E-state index in [-0.39, 0.29) is 11.3 Å². The summed E-state index contributed by atoms with van der Waals surface area (Å²) in [5.74, 6) is 0.0876. The summed E-state index contributed by atoms with van der Waals surface area (Å²) in [6, 6.07) is 15.3. The summed E-state index contributed by atoms with van der Waals surface area (Å²) in [6.07, 6.45) is 0. The number of aliphatic hydroxyl groups excluding tert-OH is 1. The molecule has 4 rings (SSSR count). The number of carbonyl (C=O) groups excluding carboxylic acids is 2. The van der Waals surface area contributed by atoms with Gasteiger partial charge in [0.1, 0.15) is 23.3 Å². The highest BCUT2D eigenvalue weighted by Crippen LogP contribution is 2.44. The topological polar surface area (TPSA) is 76.1 Å². The lowest BCUT2D eigenvalue weighted by Crippen LogP contribution is -2.29. The fraction of sp³-hybridized carbons (Fsp3) is 0.286. The van der Waals surface area contributed by atoms with Crippen molar-refractivity contribution in [2.45, 2.75) is 33.7 Å². The molecule has 1 N–H and O–H groups in total. The predicted octanol–water partition coefficient (Wildman–Crippen LogP) is 6.12. The minimum absolute atomic E-state index is 0.0644. The smallest absolute Gasteiger partial charge is 0.300 e. The summed E-state index contributed by atoms with van der Waals surface area (Å²) in [6.45, 7) is 8.97. The van der Waals surface area contributed by atoms with E-state index in [1.165, 1.54) is 16.2 Å². The number of nitrogens with zero attached hydrogens (tertiary/aromatic N) is 1. The molecule has 2 aromatic carbocycles. The molecule has 0 saturated carbocycles. The van der Waals surface area contributed by atoms with Crippen molar-refractivity contribution in [3.05, 3.63) is 81.6 Å². The van der Waals surface area contributed by atoms with Crippen molar-refractivity contribution in [2.75, 3.05) is 18.1 Å². The van der Waals surface area contributed by atoms with E-state index in [9.17, 15) is 14.7 Å². The number of rotatable bonds is 8. The number of benzene rings is 2. The number of amides is 1. The molecule has 0 aliphatic carbocycles. The third-order valence-electron chi connectivity index (χ3n) is 5.68. The standard InChI is InChI=1S/C28H29NO5S/c1-5-33-21-9-6-8-20(15-21)29-25(23-10-7-13-35-23)24(27(31)28(29)32)26(30)19-11-12-22(18(4)14-19)34-16-17(2)3/h6-15,17,25,30H,5,16H2,1-4H3/b26-24-. The van der Waals surface area contributed by atoms with Crippen LogP contribution < -0.4 is 14.4 Å². The first kappa shape index (κ1) is 24.5. The van der Waals surface area contributed by atoms with Crippen LogP contribution in [0.15, 0.2) is 65.6 Å². The highest BCUT2D eigenvalue weighted by atomic mass is 32.1. The van der Waals surface area contributed by atoms with Crippen molar-refractivity contribution >= 4 is 34.5 Å². The molecule has 6 nitrogen and oxygen atoms in total. The normalized spacial score (nSPS) is 17.3. The second kappa shape index (κ2) is 10.4. The van der Waals surface area contributed by atoms with Crippen molar-refractivity contribution in [1.82, 2.24) is 0 Å². The van der Waals surface area contributed by atoms with E-state index in [0.29, 0.717) is 36.1 Å². The Labute approximate surface area is 209 Å². The van der Waals surface area contributed by atoms with Crippen LogP contribution in [0.3, 0.4) is 0 Å². The van der Waals surface area contributed by atoms with Crippen LogP contribution in [0.2, 0.25) is 0 Å². The van der Waals surface area contributed by atoms with Gasteiger partial charge < -0.3 is 14.6 Å². The molecule has 7 heteroatoms. The first-order chi connectivity index (χ1) is 16.8. The number of aliphatic hydroxyl groups is 1. The molecule has 3 aromatic rings. The lowest BCUT2D eigenvalue weighted by Gasteiger charge is -2.24. The minimum atomic E-state index is -0.746. The lowest BCUT2D eigenvalue weighted by molar-refractivity contribution is -0.132. The Morgan fingerprint density at radius 2 is 1.89 bits per heavy atom. The molecule has 1 aliphatic rings. The summed E-state index contributed by atoms with van der Waals surface area (Å²) in [4.78, 5) is 28.8. The van der Waals surface area contributed by atoms with Crippen LogP contribution in [0, 0.1) is 12.8 Å². The number of anilines is 1. The van der Waals surface area contributed by atoms with Crippen molar-refractivity contribution in [1.29, 1.82) is 0 Å². The summed E-state index contributed by atoms with van der Waals surface area (Å²) < 4.78 is 11.4. The van der Waals surface area contributed by atoms with E-state index in [1.807, 2.05) is 31.4 Å². The lowest BCUT2D eigenvalue weighted by atomic mass is 9.98. The number of ether oxygens (including phenoxy) is 2. The Morgan fingerprint density at radius 1 is 1.09 bits per heavy atom. The third kappa shape index (κ3) is 4.95. The molecule has 0 spiro atoms. The molecular weight excluding hydrogens is 462 g/mol. The van der Waals surface area contributed by atoms with E-state index >= 15 is 0 Å². The van der Waals surface area contributed by atoms with Gasteiger partial charge in [-0.1, -0.05) is 26.0 Å². The first-order valence-corrected chi connectivity index (χ1v) is 12.5. The first-order valence-electron chi connectivity index (χ1n) is 11.6. The Balaban J connectivity index is 1.80. The molecule has 1 fully saturated rings. The number of aryl methyl sites for hydroxylation is 1. The van der Waals surface area contributed by atoms with Gasteiger partial charge in [-0.15, -0.1) is 11.3 Å². The van der Waals surface area contributed by atoms with Crippen LogP contribution in [0.25, 0.3) is 5.76 Å². The van der Waals surface area contributed by atoms with Gasteiger partial charge in [0.2, 0.25) is 0 Å². The largest absolute Gasteiger partial charge is 0.507 e. The Hall–Kier alpha value is -3.58. The monoisotopic (exact) mass is 491 g/mol. The van der Waals surface area contributed by atoms with Crippen LogP contribution in [0.4, 0.5) is 5.69 Å². The molecule has 35 heavy (non-hydrogen) atoms. The average Bonchev–Trinajstić information content (AvgIpc) is 3.45. The van der Waals surface area contributed by atoms with Gasteiger partial charge in [-0.05, 0) is 67.1 Å². The van der Waals surface area contributed by atoms with Crippen molar-refractivity contribution < 1.29 is 24.2 Å². The van der Waals surface area contributed by atoms with E-state index < -0.39 is 17.7 Å². The van der Waals surface area contributed by atoms with Gasteiger partial charge in [0.05, 0.1) is 18.8 Å². The van der Waals surface area contributed by atoms with Gasteiger partial charge in [0.15, 0.2) is 0 Å². The number of ketones is 1. The van der Waals surface area contributed by atoms with Gasteiger partial charge in [0.25, 0.3) is 11.7 Å². The number of Topliss-reactive ketones (excluding diaryl/α,β-unsaturated/α-hetero) is 1. The Bertz CT molecular complexity index is 1260. The molecule has 1 aromatic heterocycles. The molecule has 1 saturated heterocycles. The molecule has 0 radical (unpaired) electrons. The molecule has 2 heterocycles. The second-order valence-corrected chi connectivity index (χ2v) is 9.78. The van der Waals surface area contributed by atoms with Gasteiger partial charge in [-0.3, -0.25) is 14.5 Å². The van der Waals surface area contributed by atoms with Crippen molar-refractivity contribution in [3.8, 4) is 11.5 Å². The molecule has 1 amide bonds. The van der Waals surface area contributed by atoms with E-state index in [4.69, 9.17) is 9.47 Å². The Kier molecular flexibility index (Phi) is 7.26. The van der Waals surface area contributed by atoms with Crippen LogP contribution in [-0.4, -0.2) is 30.0 Å². The minimum Gasteiger partial charge on any atom is -0.507 e. The molecular formula is C28H29NO5S. The molecule has 182 valence electrons. The zero-order valence-electron chi connectivity index (χ0n) is 20.3. The van der Waals surface area contributed by atoms with Crippen LogP contribution >= 0.6 is 11.3 Å². The van der Waals surface area contributed by atoms with Gasteiger partial charge in [0, 0.05) is 22.2 Å². The van der Waals surface area contributed by atoms with Crippen LogP contribution in [-0.2, 0) is 9.59 Å². The summed E-state index contributed by atoms with van der Waals surface area (Å²) >= 11 is 1.43. The number of hydrogen-bond acceptors (Lipinski definition) is 6. The quantitative estimate of drug-likeness (QED) is 0.234. The van der Waals surface area contributed by atoms with Gasteiger partial charge in [-0.25, -0.2) is 0 Å². The summed E-state index contributed by atoms with van der Waals surface area (Å²) in [5.41, 5.74) is 1.89. The SMILES string of the molecule is CCOc1cccc(N2C(=O)C(=O)/C(=C(\O)c3ccc(OCC(C)C)c(C)c3)C2c2cccs2)c1. The molecule has 1 aliphatic heterocycles. The van der Waals surface area contributed by atoms with Crippen molar-refractivity contribution in [2.24, 2.45) is 5.92 Å². The highest BCUT2D eigenvalue weighted by Gasteiger charge is 2.47. The van der Waals surface area contributed by atoms with E-state index in [1.54, 1.807) is 42.5 Å². The van der Waals surface area contributed by atoms with Crippen LogP contribution in [0.1, 0.15) is 42.8 Å². The maximum Gasteiger partial charge on any atom is 0.300 e. The number of thiophene rings is 1. The van der Waals surface area contributed by atoms with Gasteiger partial charge in [-0.2, -0.15) is 0 Å². The zero-order chi connectivity index (χ0) is 25.1. The molecule has 0 bridgehead atoms. The molecule has 1 unspecified atom stereocenters. The average molecular weight is 492 g/mol. The second-order valence-electron chi connectivity index (χ2n) is 8.80. The van der Waals surface area contributed by atoms with E-state index in [0.717, 1.165) is 16.2 Å². The molecule has 1 atom stereocenters. The zero-order valence-corrected chi connectivity index (χ0v) is 21.1. The maximum atomic E-state index is 13.3. The fourth-order valence-electron chi connectivity index (χ4n) is 4.08. The van der Waals surface area contributed by atoms with Gasteiger partial charge >= 0.3 is 0 Å². The third-order valence-corrected chi connectivity index (χ3v) is 6.61.